The summed E-state index contributed by atoms with van der Waals surface area (Å²) in [5.74, 6) is 0.332. The van der Waals surface area contributed by atoms with E-state index in [2.05, 4.69) is 60.6 Å². The predicted molar refractivity (Wildman–Crippen MR) is 197 cm³/mol. The molecule has 2 saturated heterocycles. The van der Waals surface area contributed by atoms with Gasteiger partial charge in [-0.15, -0.1) is 0 Å². The van der Waals surface area contributed by atoms with Crippen molar-refractivity contribution in [3.63, 3.8) is 0 Å². The third-order valence-electron chi connectivity index (χ3n) is 16.7. The molecule has 18 atom stereocenters. The summed E-state index contributed by atoms with van der Waals surface area (Å²) in [4.78, 5) is 0. The average molecular weight is 765 g/mol. The molecule has 2 heterocycles. The van der Waals surface area contributed by atoms with Gasteiger partial charge >= 0.3 is 0 Å². The van der Waals surface area contributed by atoms with E-state index in [1.807, 2.05) is 0 Å². The van der Waals surface area contributed by atoms with E-state index in [1.54, 1.807) is 0 Å². The normalized spacial score (nSPS) is 53.9. The molecule has 8 N–H and O–H groups in total. The van der Waals surface area contributed by atoms with Crippen molar-refractivity contribution in [1.29, 1.82) is 0 Å². The van der Waals surface area contributed by atoms with Gasteiger partial charge in [-0.1, -0.05) is 71.8 Å². The summed E-state index contributed by atoms with van der Waals surface area (Å²) in [5, 5.41) is 86.6. The van der Waals surface area contributed by atoms with Gasteiger partial charge in [0.15, 0.2) is 12.6 Å². The maximum absolute atomic E-state index is 12.0. The van der Waals surface area contributed by atoms with Crippen molar-refractivity contribution < 1.29 is 59.8 Å². The van der Waals surface area contributed by atoms with Crippen LogP contribution in [0.1, 0.15) is 107 Å². The highest BCUT2D eigenvalue weighted by atomic mass is 16.7. The Bertz CT molecular complexity index is 1480. The molecule has 0 bridgehead atoms. The van der Waals surface area contributed by atoms with Crippen LogP contribution in [0.4, 0.5) is 0 Å². The Morgan fingerprint density at radius 3 is 2.04 bits per heavy atom. The van der Waals surface area contributed by atoms with Crippen LogP contribution in [0, 0.1) is 44.3 Å². The summed E-state index contributed by atoms with van der Waals surface area (Å²) in [7, 11) is 0. The van der Waals surface area contributed by atoms with Crippen LogP contribution in [0.25, 0.3) is 0 Å². The second-order valence-electron chi connectivity index (χ2n) is 20.4. The van der Waals surface area contributed by atoms with Gasteiger partial charge in [0.05, 0.1) is 31.5 Å². The molecule has 4 saturated carbocycles. The minimum absolute atomic E-state index is 0.000626. The number of aliphatic hydroxyl groups excluding tert-OH is 8. The maximum Gasteiger partial charge on any atom is 0.187 e. The fourth-order valence-electron chi connectivity index (χ4n) is 13.0. The van der Waals surface area contributed by atoms with Crippen LogP contribution >= 0.6 is 0 Å². The van der Waals surface area contributed by atoms with E-state index < -0.39 is 79.5 Å². The van der Waals surface area contributed by atoms with Gasteiger partial charge in [-0.2, -0.15) is 0 Å². The Morgan fingerprint density at radius 2 is 1.37 bits per heavy atom. The first-order valence-corrected chi connectivity index (χ1v) is 20.5. The molecule has 0 aromatic heterocycles. The van der Waals surface area contributed by atoms with E-state index in [0.29, 0.717) is 12.8 Å². The van der Waals surface area contributed by atoms with E-state index in [1.165, 1.54) is 18.1 Å². The quantitative estimate of drug-likeness (QED) is 0.185. The number of fused-ring (bicyclic) bond motifs is 7. The van der Waals surface area contributed by atoms with Crippen molar-refractivity contribution >= 4 is 0 Å². The van der Waals surface area contributed by atoms with Crippen LogP contribution < -0.4 is 0 Å². The van der Waals surface area contributed by atoms with E-state index in [-0.39, 0.29) is 51.6 Å². The number of ether oxygens (including phenoxy) is 4. The highest BCUT2D eigenvalue weighted by Crippen LogP contribution is 2.74. The second kappa shape index (κ2) is 13.8. The van der Waals surface area contributed by atoms with E-state index >= 15 is 0 Å². The molecular formula is C42H68O12. The largest absolute Gasteiger partial charge is 0.396 e. The van der Waals surface area contributed by atoms with Gasteiger partial charge < -0.3 is 59.8 Å². The Balaban J connectivity index is 1.11. The molecular weight excluding hydrogens is 696 g/mol. The second-order valence-corrected chi connectivity index (χ2v) is 20.4. The first kappa shape index (κ1) is 41.2. The first-order valence-electron chi connectivity index (χ1n) is 20.5. The molecule has 5 aliphatic carbocycles. The van der Waals surface area contributed by atoms with Gasteiger partial charge in [0.1, 0.15) is 42.7 Å². The minimum atomic E-state index is -1.64. The van der Waals surface area contributed by atoms with Crippen molar-refractivity contribution in [2.45, 2.75) is 180 Å². The van der Waals surface area contributed by atoms with Crippen LogP contribution in [0.3, 0.4) is 0 Å². The Morgan fingerprint density at radius 1 is 0.704 bits per heavy atom. The highest BCUT2D eigenvalue weighted by Gasteiger charge is 2.68. The molecule has 54 heavy (non-hydrogen) atoms. The summed E-state index contributed by atoms with van der Waals surface area (Å²) in [6, 6.07) is 0. The standard InChI is InChI=1S/C42H68O12/c1-21-29(46)30(47)32(49)35(51-21)54-34-24(19-43)52-36(33(50)31(34)48)53-28-12-13-39(6)25(38(28,4)5)11-14-40(7)26(39)10-9-22-23-17-37(2,3)15-16-42(23,20-44)27(45)18-41(22,40)8/h9-10,21,23-25,27-36,43-50H,11-20H2,1-8H3/t21-,23-,24+,25-,27-,28-,29-,30+,31+,32+,33+,34+,35-,36-,39-,40+,41+,42+/m0/s1. The first-order chi connectivity index (χ1) is 25.1. The SMILES string of the molecule is C[C@@H]1O[C@@H](O[C@H]2[C@H](O)[C@@H](O)[C@H](O[C@H]3CC[C@]4(C)C5=CC=C6[C@@H]7CC(C)(C)CC[C@]7(CO)[C@@H](O)C[C@@]6(C)[C@]5(C)CC[C@H]4C3(C)C)O[C@@H]2CO)[C@H](O)[C@H](O)[C@H]1O. The number of hydrogen-bond donors (Lipinski definition) is 8. The molecule has 12 nitrogen and oxygen atoms in total. The Hall–Kier alpha value is -1.00. The van der Waals surface area contributed by atoms with Crippen molar-refractivity contribution in [2.24, 2.45) is 44.3 Å². The lowest BCUT2D eigenvalue weighted by Crippen LogP contribution is -2.66. The molecule has 0 amide bonds. The molecule has 0 aromatic rings. The lowest BCUT2D eigenvalue weighted by atomic mass is 9.35. The topological polar surface area (TPSA) is 199 Å². The van der Waals surface area contributed by atoms with Crippen LogP contribution in [0.2, 0.25) is 0 Å². The summed E-state index contributed by atoms with van der Waals surface area (Å²) in [6.07, 6.45) is -3.12. The minimum Gasteiger partial charge on any atom is -0.396 e. The molecule has 308 valence electrons. The zero-order chi connectivity index (χ0) is 39.6. The number of rotatable bonds is 6. The van der Waals surface area contributed by atoms with Crippen molar-refractivity contribution in [2.75, 3.05) is 13.2 Å². The van der Waals surface area contributed by atoms with E-state index in [9.17, 15) is 40.9 Å². The van der Waals surface area contributed by atoms with E-state index in [4.69, 9.17) is 18.9 Å². The molecule has 7 aliphatic rings. The smallest absolute Gasteiger partial charge is 0.187 e. The lowest BCUT2D eigenvalue weighted by Gasteiger charge is -2.69. The molecule has 0 spiro atoms. The lowest BCUT2D eigenvalue weighted by molar-refractivity contribution is -0.365. The highest BCUT2D eigenvalue weighted by molar-refractivity contribution is 5.46. The van der Waals surface area contributed by atoms with Crippen LogP contribution in [0.15, 0.2) is 23.3 Å². The summed E-state index contributed by atoms with van der Waals surface area (Å²) in [5.41, 5.74) is 1.45. The number of aliphatic hydroxyl groups is 8. The van der Waals surface area contributed by atoms with Gasteiger partial charge in [0.2, 0.25) is 0 Å². The monoisotopic (exact) mass is 764 g/mol. The fourth-order valence-corrected chi connectivity index (χ4v) is 13.0. The van der Waals surface area contributed by atoms with Gasteiger partial charge in [0, 0.05) is 10.8 Å². The van der Waals surface area contributed by atoms with Crippen LogP contribution in [-0.4, -0.2) is 128 Å². The third kappa shape index (κ3) is 5.90. The maximum atomic E-state index is 12.0. The van der Waals surface area contributed by atoms with Crippen LogP contribution in [0.5, 0.6) is 0 Å². The summed E-state index contributed by atoms with van der Waals surface area (Å²) in [6.45, 7) is 17.2. The molecule has 0 aromatic carbocycles. The van der Waals surface area contributed by atoms with Gasteiger partial charge in [-0.25, -0.2) is 0 Å². The summed E-state index contributed by atoms with van der Waals surface area (Å²) >= 11 is 0. The molecule has 6 fully saturated rings. The average Bonchev–Trinajstić information content (AvgIpc) is 3.10. The zero-order valence-electron chi connectivity index (χ0n) is 33.5. The third-order valence-corrected chi connectivity index (χ3v) is 16.7. The zero-order valence-corrected chi connectivity index (χ0v) is 33.5. The van der Waals surface area contributed by atoms with Gasteiger partial charge in [-0.05, 0) is 91.8 Å². The summed E-state index contributed by atoms with van der Waals surface area (Å²) < 4.78 is 24.1. The number of allylic oxidation sites excluding steroid dienone is 4. The van der Waals surface area contributed by atoms with Crippen molar-refractivity contribution in [3.8, 4) is 0 Å². The fraction of sp³-hybridized carbons (Fsp3) is 0.905. The van der Waals surface area contributed by atoms with Crippen molar-refractivity contribution in [3.05, 3.63) is 23.3 Å². The predicted octanol–water partition coefficient (Wildman–Crippen LogP) is 2.71. The molecule has 7 rings (SSSR count). The Labute approximate surface area is 320 Å². The van der Waals surface area contributed by atoms with Crippen molar-refractivity contribution in [1.82, 2.24) is 0 Å². The molecule has 2 aliphatic heterocycles. The molecule has 12 heteroatoms. The molecule has 0 unspecified atom stereocenters. The van der Waals surface area contributed by atoms with Gasteiger partial charge in [0.25, 0.3) is 0 Å². The Kier molecular flexibility index (Phi) is 10.5. The molecule has 0 radical (unpaired) electrons. The van der Waals surface area contributed by atoms with E-state index in [0.717, 1.165) is 38.5 Å². The van der Waals surface area contributed by atoms with Crippen LogP contribution in [-0.2, 0) is 18.9 Å². The van der Waals surface area contributed by atoms with Gasteiger partial charge in [-0.3, -0.25) is 0 Å². The number of hydrogen-bond acceptors (Lipinski definition) is 12.